The minimum atomic E-state index is -0.419. The summed E-state index contributed by atoms with van der Waals surface area (Å²) in [6, 6.07) is 3.69. The summed E-state index contributed by atoms with van der Waals surface area (Å²) in [6.45, 7) is 3.65. The lowest BCUT2D eigenvalue weighted by atomic mass is 10.1. The number of carbonyl (C=O) groups is 1. The van der Waals surface area contributed by atoms with E-state index in [-0.39, 0.29) is 6.61 Å². The average Bonchev–Trinajstić information content (AvgIpc) is 2.31. The Hall–Kier alpha value is -1.67. The van der Waals surface area contributed by atoms with Crippen LogP contribution in [0.2, 0.25) is 0 Å². The molecule has 90 valence electrons. The van der Waals surface area contributed by atoms with Crippen LogP contribution in [-0.4, -0.2) is 19.7 Å². The van der Waals surface area contributed by atoms with Crippen molar-refractivity contribution in [2.24, 2.45) is 0 Å². The van der Waals surface area contributed by atoms with E-state index < -0.39 is 5.97 Å². The SMILES string of the molecule is COC(=O)COc1cc(C)c(SC#N)cc1C. The molecule has 0 N–H and O–H groups in total. The molecule has 5 heteroatoms. The molecule has 0 radical (unpaired) electrons. The quantitative estimate of drug-likeness (QED) is 0.467. The molecule has 4 nitrogen and oxygen atoms in total. The van der Waals surface area contributed by atoms with E-state index in [2.05, 4.69) is 4.74 Å². The van der Waals surface area contributed by atoms with Crippen LogP contribution < -0.4 is 4.74 Å². The van der Waals surface area contributed by atoms with E-state index in [1.165, 1.54) is 7.11 Å². The third kappa shape index (κ3) is 3.68. The molecule has 1 rings (SSSR count). The lowest BCUT2D eigenvalue weighted by molar-refractivity contribution is -0.142. The number of hydrogen-bond acceptors (Lipinski definition) is 5. The van der Waals surface area contributed by atoms with Crippen molar-refractivity contribution in [3.05, 3.63) is 23.3 Å². The Morgan fingerprint density at radius 2 is 2.12 bits per heavy atom. The van der Waals surface area contributed by atoms with Crippen molar-refractivity contribution in [1.82, 2.24) is 0 Å². The molecule has 0 fully saturated rings. The van der Waals surface area contributed by atoms with Crippen molar-refractivity contribution >= 4 is 17.7 Å². The average molecular weight is 251 g/mol. The number of esters is 1. The maximum atomic E-state index is 11.0. The van der Waals surface area contributed by atoms with Crippen LogP contribution in [0.1, 0.15) is 11.1 Å². The highest BCUT2D eigenvalue weighted by Gasteiger charge is 2.08. The molecule has 0 unspecified atom stereocenters. The maximum Gasteiger partial charge on any atom is 0.343 e. The van der Waals surface area contributed by atoms with Crippen molar-refractivity contribution in [3.63, 3.8) is 0 Å². The molecular weight excluding hydrogens is 238 g/mol. The topological polar surface area (TPSA) is 59.3 Å². The van der Waals surface area contributed by atoms with Gasteiger partial charge in [0.15, 0.2) is 6.61 Å². The first-order valence-corrected chi connectivity index (χ1v) is 5.77. The summed E-state index contributed by atoms with van der Waals surface area (Å²) in [7, 11) is 1.32. The number of thioether (sulfide) groups is 1. The van der Waals surface area contributed by atoms with Gasteiger partial charge in [0.05, 0.1) is 7.11 Å². The molecule has 0 bridgehead atoms. The first-order valence-electron chi connectivity index (χ1n) is 4.95. The standard InChI is InChI=1S/C12H13NO3S/c1-8-5-11(17-7-13)9(2)4-10(8)16-6-12(14)15-3/h4-5H,6H2,1-3H3. The molecule has 0 amide bonds. The zero-order valence-electron chi connectivity index (χ0n) is 9.94. The minimum absolute atomic E-state index is 0.110. The monoisotopic (exact) mass is 251 g/mol. The molecule has 1 aromatic carbocycles. The van der Waals surface area contributed by atoms with E-state index in [1.54, 1.807) is 0 Å². The van der Waals surface area contributed by atoms with Crippen LogP contribution in [0.5, 0.6) is 5.75 Å². The largest absolute Gasteiger partial charge is 0.482 e. The minimum Gasteiger partial charge on any atom is -0.482 e. The van der Waals surface area contributed by atoms with Gasteiger partial charge in [0.1, 0.15) is 11.2 Å². The van der Waals surface area contributed by atoms with Crippen LogP contribution in [0.15, 0.2) is 17.0 Å². The maximum absolute atomic E-state index is 11.0. The summed E-state index contributed by atoms with van der Waals surface area (Å²) in [4.78, 5) is 11.9. The van der Waals surface area contributed by atoms with E-state index in [0.29, 0.717) is 5.75 Å². The van der Waals surface area contributed by atoms with Gasteiger partial charge in [-0.1, -0.05) is 0 Å². The fourth-order valence-corrected chi connectivity index (χ4v) is 1.83. The highest BCUT2D eigenvalue weighted by molar-refractivity contribution is 8.03. The number of rotatable bonds is 4. The number of ether oxygens (including phenoxy) is 2. The van der Waals surface area contributed by atoms with Crippen molar-refractivity contribution < 1.29 is 14.3 Å². The van der Waals surface area contributed by atoms with Crippen molar-refractivity contribution in [2.45, 2.75) is 18.7 Å². The van der Waals surface area contributed by atoms with E-state index in [0.717, 1.165) is 27.8 Å². The molecule has 0 atom stereocenters. The van der Waals surface area contributed by atoms with Crippen LogP contribution in [0.3, 0.4) is 0 Å². The fraction of sp³-hybridized carbons (Fsp3) is 0.333. The summed E-state index contributed by atoms with van der Waals surface area (Å²) >= 11 is 1.11. The van der Waals surface area contributed by atoms with E-state index in [4.69, 9.17) is 10.00 Å². The number of thiocyanates is 1. The molecule has 0 aliphatic carbocycles. The van der Waals surface area contributed by atoms with Gasteiger partial charge in [-0.2, -0.15) is 5.26 Å². The van der Waals surface area contributed by atoms with Crippen molar-refractivity contribution in [1.29, 1.82) is 5.26 Å². The van der Waals surface area contributed by atoms with Gasteiger partial charge < -0.3 is 9.47 Å². The normalized spacial score (nSPS) is 9.53. The molecule has 0 saturated heterocycles. The van der Waals surface area contributed by atoms with E-state index in [9.17, 15) is 4.79 Å². The Kier molecular flexibility index (Phi) is 4.85. The lowest BCUT2D eigenvalue weighted by Gasteiger charge is -2.10. The molecule has 1 aromatic rings. The Morgan fingerprint density at radius 3 is 2.71 bits per heavy atom. The number of methoxy groups -OCH3 is 1. The third-order valence-corrected chi connectivity index (χ3v) is 2.95. The van der Waals surface area contributed by atoms with Gasteiger partial charge >= 0.3 is 5.97 Å². The highest BCUT2D eigenvalue weighted by atomic mass is 32.2. The smallest absolute Gasteiger partial charge is 0.343 e. The predicted octanol–water partition coefficient (Wildman–Crippen LogP) is 2.43. The summed E-state index contributed by atoms with van der Waals surface area (Å²) < 4.78 is 9.83. The number of carbonyl (C=O) groups excluding carboxylic acids is 1. The summed E-state index contributed by atoms with van der Waals surface area (Å²) in [5, 5.41) is 10.7. The second kappa shape index (κ2) is 6.16. The summed E-state index contributed by atoms with van der Waals surface area (Å²) in [5.74, 6) is 0.215. The number of hydrogen-bond donors (Lipinski definition) is 0. The molecule has 0 aromatic heterocycles. The predicted molar refractivity (Wildman–Crippen MR) is 64.9 cm³/mol. The van der Waals surface area contributed by atoms with Crippen molar-refractivity contribution in [3.8, 4) is 11.2 Å². The van der Waals surface area contributed by atoms with Crippen molar-refractivity contribution in [2.75, 3.05) is 13.7 Å². The number of nitrogens with zero attached hydrogens (tertiary/aromatic N) is 1. The molecule has 0 heterocycles. The molecule has 17 heavy (non-hydrogen) atoms. The van der Waals surface area contributed by atoms with Gasteiger partial charge in [-0.15, -0.1) is 0 Å². The lowest BCUT2D eigenvalue weighted by Crippen LogP contribution is -2.13. The first-order chi connectivity index (χ1) is 8.08. The summed E-state index contributed by atoms with van der Waals surface area (Å²) in [6.07, 6.45) is 0. The fourth-order valence-electron chi connectivity index (χ4n) is 1.27. The molecule has 0 aliphatic rings. The van der Waals surface area contributed by atoms with Gasteiger partial charge in [0, 0.05) is 4.90 Å². The van der Waals surface area contributed by atoms with Gasteiger partial charge in [0.25, 0.3) is 0 Å². The molecule has 0 spiro atoms. The Balaban J connectivity index is 2.85. The van der Waals surface area contributed by atoms with Crippen LogP contribution in [0, 0.1) is 24.5 Å². The Labute approximate surface area is 105 Å². The number of aryl methyl sites for hydroxylation is 2. The molecule has 0 aliphatic heterocycles. The van der Waals surface area contributed by atoms with Crippen LogP contribution in [0.25, 0.3) is 0 Å². The number of nitriles is 1. The van der Waals surface area contributed by atoms with Crippen LogP contribution in [0.4, 0.5) is 0 Å². The van der Waals surface area contributed by atoms with Gasteiger partial charge in [-0.3, -0.25) is 0 Å². The zero-order valence-corrected chi connectivity index (χ0v) is 10.8. The van der Waals surface area contributed by atoms with Crippen LogP contribution >= 0.6 is 11.8 Å². The zero-order chi connectivity index (χ0) is 12.8. The first kappa shape index (κ1) is 13.4. The second-order valence-electron chi connectivity index (χ2n) is 3.44. The Bertz CT molecular complexity index is 466. The van der Waals surface area contributed by atoms with E-state index in [1.807, 2.05) is 31.4 Å². The molecule has 0 saturated carbocycles. The highest BCUT2D eigenvalue weighted by Crippen LogP contribution is 2.28. The third-order valence-electron chi connectivity index (χ3n) is 2.20. The Morgan fingerprint density at radius 1 is 1.41 bits per heavy atom. The van der Waals surface area contributed by atoms with Crippen LogP contribution in [-0.2, 0) is 9.53 Å². The summed E-state index contributed by atoms with van der Waals surface area (Å²) in [5.41, 5.74) is 1.83. The van der Waals surface area contributed by atoms with E-state index >= 15 is 0 Å². The van der Waals surface area contributed by atoms with Gasteiger partial charge in [-0.05, 0) is 48.9 Å². The second-order valence-corrected chi connectivity index (χ2v) is 4.27. The number of benzene rings is 1. The van der Waals surface area contributed by atoms with Gasteiger partial charge in [0.2, 0.25) is 0 Å². The molecular formula is C12H13NO3S. The van der Waals surface area contributed by atoms with Gasteiger partial charge in [-0.25, -0.2) is 4.79 Å².